The van der Waals surface area contributed by atoms with Gasteiger partial charge in [-0.15, -0.1) is 0 Å². The molecule has 1 saturated carbocycles. The summed E-state index contributed by atoms with van der Waals surface area (Å²) in [6, 6.07) is 13.2. The number of hydrogen-bond acceptors (Lipinski definition) is 6. The first-order valence-electron chi connectivity index (χ1n) is 13.6. The van der Waals surface area contributed by atoms with Gasteiger partial charge in [-0.3, -0.25) is 5.32 Å². The Kier molecular flexibility index (Phi) is 7.59. The zero-order valence-corrected chi connectivity index (χ0v) is 23.8. The van der Waals surface area contributed by atoms with E-state index in [-0.39, 0.29) is 30.3 Å². The number of rotatable bonds is 9. The van der Waals surface area contributed by atoms with E-state index in [0.717, 1.165) is 37.0 Å². The van der Waals surface area contributed by atoms with E-state index in [1.54, 1.807) is 47.4 Å². The van der Waals surface area contributed by atoms with Crippen molar-refractivity contribution >= 4 is 51.9 Å². The first kappa shape index (κ1) is 27.5. The monoisotopic (exact) mass is 594 g/mol. The Balaban J connectivity index is 1.14. The van der Waals surface area contributed by atoms with Gasteiger partial charge in [-0.1, -0.05) is 41.3 Å². The molecule has 41 heavy (non-hydrogen) atoms. The third kappa shape index (κ3) is 5.49. The van der Waals surface area contributed by atoms with Crippen molar-refractivity contribution in [1.82, 2.24) is 15.0 Å². The molecule has 2 aromatic heterocycles. The van der Waals surface area contributed by atoms with E-state index in [1.165, 1.54) is 6.07 Å². The van der Waals surface area contributed by atoms with Gasteiger partial charge < -0.3 is 19.3 Å². The Bertz CT molecular complexity index is 1620. The Morgan fingerprint density at radius 3 is 2.61 bits per heavy atom. The zero-order valence-electron chi connectivity index (χ0n) is 22.3. The number of nitrogens with zero attached hydrogens (tertiary/aromatic N) is 3. The first-order chi connectivity index (χ1) is 19.8. The summed E-state index contributed by atoms with van der Waals surface area (Å²) in [5.74, 6) is 0.518. The number of fused-ring (bicyclic) bond motifs is 1. The number of aromatic nitrogens is 2. The van der Waals surface area contributed by atoms with Crippen molar-refractivity contribution in [1.29, 1.82) is 0 Å². The molecule has 212 valence electrons. The van der Waals surface area contributed by atoms with E-state index in [9.17, 15) is 14.7 Å². The minimum atomic E-state index is -1.00. The third-order valence-corrected chi connectivity index (χ3v) is 8.36. The average molecular weight is 595 g/mol. The number of amides is 2. The Labute approximate surface area is 246 Å². The van der Waals surface area contributed by atoms with Gasteiger partial charge >= 0.3 is 12.0 Å². The number of carbonyl (C=O) groups excluding carboxylic acids is 1. The predicted octanol–water partition coefficient (Wildman–Crippen LogP) is 7.37. The van der Waals surface area contributed by atoms with Gasteiger partial charge in [0, 0.05) is 28.5 Å². The van der Waals surface area contributed by atoms with Crippen LogP contribution in [-0.4, -0.2) is 50.8 Å². The molecule has 2 N–H and O–H groups in total. The minimum Gasteiger partial charge on any atom is -0.478 e. The predicted molar refractivity (Wildman–Crippen MR) is 156 cm³/mol. The van der Waals surface area contributed by atoms with E-state index < -0.39 is 5.97 Å². The number of likely N-dealkylation sites (tertiary alicyclic amines) is 1. The summed E-state index contributed by atoms with van der Waals surface area (Å²) in [5.41, 5.74) is 2.84. The van der Waals surface area contributed by atoms with Gasteiger partial charge in [-0.25, -0.2) is 14.6 Å². The molecule has 6 rings (SSSR count). The molecule has 2 unspecified atom stereocenters. The quantitative estimate of drug-likeness (QED) is 0.207. The lowest BCUT2D eigenvalue weighted by atomic mass is 9.92. The van der Waals surface area contributed by atoms with Crippen molar-refractivity contribution in [2.75, 3.05) is 11.9 Å². The highest BCUT2D eigenvalue weighted by Crippen LogP contribution is 2.46. The number of benzene rings is 2. The second-order valence-corrected chi connectivity index (χ2v) is 11.3. The first-order valence-corrected chi connectivity index (χ1v) is 14.3. The van der Waals surface area contributed by atoms with Crippen LogP contribution < -0.4 is 5.32 Å². The van der Waals surface area contributed by atoms with Crippen molar-refractivity contribution in [2.45, 2.75) is 57.2 Å². The molecule has 2 amide bonds. The number of urea groups is 1. The molecule has 2 fully saturated rings. The molecule has 1 aliphatic heterocycles. The molecule has 11 heteroatoms. The molecule has 2 aromatic carbocycles. The third-order valence-electron chi connectivity index (χ3n) is 7.73. The van der Waals surface area contributed by atoms with E-state index in [0.29, 0.717) is 50.5 Å². The molecule has 1 aliphatic carbocycles. The summed E-state index contributed by atoms with van der Waals surface area (Å²) in [6.07, 6.45) is 3.72. The van der Waals surface area contributed by atoms with Crippen LogP contribution in [0, 0.1) is 0 Å². The molecule has 0 radical (unpaired) electrons. The maximum absolute atomic E-state index is 13.3. The van der Waals surface area contributed by atoms with Crippen molar-refractivity contribution in [3.8, 4) is 11.3 Å². The number of carbonyl (C=O) groups is 2. The normalized spacial score (nSPS) is 18.4. The number of aromatic carboxylic acids is 1. The number of carboxylic acid groups (broad SMARTS) is 1. The molecule has 9 nitrogen and oxygen atoms in total. The van der Waals surface area contributed by atoms with Gasteiger partial charge in [0.2, 0.25) is 0 Å². The topological polar surface area (TPSA) is 118 Å². The summed E-state index contributed by atoms with van der Waals surface area (Å²) < 4.78 is 11.9. The lowest BCUT2D eigenvalue weighted by Gasteiger charge is -2.48. The molecule has 2 aliphatic rings. The summed E-state index contributed by atoms with van der Waals surface area (Å²) in [6.45, 7) is 2.66. The number of carboxylic acids is 1. The highest BCUT2D eigenvalue weighted by Gasteiger charge is 2.41. The number of hydrogen-bond donors (Lipinski definition) is 2. The van der Waals surface area contributed by atoms with Gasteiger partial charge in [0.25, 0.3) is 0 Å². The van der Waals surface area contributed by atoms with E-state index >= 15 is 0 Å². The highest BCUT2D eigenvalue weighted by atomic mass is 35.5. The van der Waals surface area contributed by atoms with Gasteiger partial charge in [-0.05, 0) is 68.1 Å². The SMILES string of the molecule is CCC1CC(COCc2c(-c3c(Cl)cccc3Cl)noc2C2CC2)N1C(=O)Nc1ccc2cc(C(=O)O)ccc2n1. The largest absolute Gasteiger partial charge is 0.478 e. The fourth-order valence-corrected chi connectivity index (χ4v) is 5.97. The van der Waals surface area contributed by atoms with Crippen LogP contribution in [0.25, 0.3) is 22.2 Å². The number of ether oxygens (including phenoxy) is 1. The lowest BCUT2D eigenvalue weighted by Crippen LogP contribution is -2.61. The number of pyridine rings is 1. The van der Waals surface area contributed by atoms with Crippen molar-refractivity contribution in [2.24, 2.45) is 0 Å². The molecule has 2 atom stereocenters. The van der Waals surface area contributed by atoms with Crippen molar-refractivity contribution in [3.63, 3.8) is 0 Å². The van der Waals surface area contributed by atoms with E-state index in [4.69, 9.17) is 32.5 Å². The minimum absolute atomic E-state index is 0.0947. The van der Waals surface area contributed by atoms with Crippen molar-refractivity contribution < 1.29 is 24.0 Å². The smallest absolute Gasteiger partial charge is 0.335 e. The lowest BCUT2D eigenvalue weighted by molar-refractivity contribution is -0.0125. The maximum Gasteiger partial charge on any atom is 0.335 e. The second-order valence-electron chi connectivity index (χ2n) is 10.5. The van der Waals surface area contributed by atoms with Crippen LogP contribution in [0.15, 0.2) is 53.1 Å². The zero-order chi connectivity index (χ0) is 28.7. The molecular weight excluding hydrogens is 567 g/mol. The highest BCUT2D eigenvalue weighted by molar-refractivity contribution is 6.39. The molecule has 0 bridgehead atoms. The summed E-state index contributed by atoms with van der Waals surface area (Å²) in [5, 5.41) is 18.1. The Morgan fingerprint density at radius 2 is 1.90 bits per heavy atom. The Morgan fingerprint density at radius 1 is 1.12 bits per heavy atom. The van der Waals surface area contributed by atoms with Crippen LogP contribution in [0.4, 0.5) is 10.6 Å². The Hall–Kier alpha value is -3.66. The molecule has 1 saturated heterocycles. The molecule has 0 spiro atoms. The standard InChI is InChI=1S/C30H28Cl2N4O5/c1-2-19-13-20(36(19)30(39)34-25-11-9-17-12-18(29(37)38)8-10-24(17)33-25)14-40-15-21-27(35-41-28(21)16-6-7-16)26-22(31)4-3-5-23(26)32/h3-5,8-12,16,19-20H,2,6-7,13-15H2,1H3,(H,37,38)(H,33,34,39). The van der Waals surface area contributed by atoms with Crippen LogP contribution in [-0.2, 0) is 11.3 Å². The number of nitrogens with one attached hydrogen (secondary N) is 1. The van der Waals surface area contributed by atoms with Gasteiger partial charge in [-0.2, -0.15) is 0 Å². The van der Waals surface area contributed by atoms with Gasteiger partial charge in [0.1, 0.15) is 17.3 Å². The number of halogens is 2. The van der Waals surface area contributed by atoms with Crippen LogP contribution in [0.3, 0.4) is 0 Å². The molecular formula is C30H28Cl2N4O5. The van der Waals surface area contributed by atoms with Gasteiger partial charge in [0.15, 0.2) is 0 Å². The average Bonchev–Trinajstić information content (AvgIpc) is 3.70. The maximum atomic E-state index is 13.3. The fourth-order valence-electron chi connectivity index (χ4n) is 5.39. The van der Waals surface area contributed by atoms with Crippen LogP contribution in [0.5, 0.6) is 0 Å². The van der Waals surface area contributed by atoms with Crippen LogP contribution in [0.1, 0.15) is 60.2 Å². The second kappa shape index (κ2) is 11.3. The van der Waals surface area contributed by atoms with Crippen LogP contribution >= 0.6 is 23.2 Å². The summed E-state index contributed by atoms with van der Waals surface area (Å²) >= 11 is 12.9. The summed E-state index contributed by atoms with van der Waals surface area (Å²) in [7, 11) is 0. The van der Waals surface area contributed by atoms with E-state index in [1.807, 2.05) is 0 Å². The fraction of sp³-hybridized carbons (Fsp3) is 0.333. The molecule has 4 aromatic rings. The summed E-state index contributed by atoms with van der Waals surface area (Å²) in [4.78, 5) is 30.8. The molecule has 3 heterocycles. The van der Waals surface area contributed by atoms with Crippen LogP contribution in [0.2, 0.25) is 10.0 Å². The van der Waals surface area contributed by atoms with Crippen molar-refractivity contribution in [3.05, 3.63) is 75.5 Å². The van der Waals surface area contributed by atoms with E-state index in [2.05, 4.69) is 22.4 Å². The number of anilines is 1. The van der Waals surface area contributed by atoms with Gasteiger partial charge in [0.05, 0.1) is 40.4 Å².